The van der Waals surface area contributed by atoms with E-state index < -0.39 is 15.7 Å². The van der Waals surface area contributed by atoms with Crippen LogP contribution in [0.2, 0.25) is 0 Å². The van der Waals surface area contributed by atoms with E-state index in [0.717, 1.165) is 0 Å². The van der Waals surface area contributed by atoms with Crippen molar-refractivity contribution in [3.05, 3.63) is 50.6 Å². The third-order valence-corrected chi connectivity index (χ3v) is 3.20. The molecule has 106 valence electrons. The van der Waals surface area contributed by atoms with Crippen LogP contribution >= 0.6 is 0 Å². The van der Waals surface area contributed by atoms with E-state index in [4.69, 9.17) is 9.15 Å². The highest BCUT2D eigenvalue weighted by Gasteiger charge is 2.22. The van der Waals surface area contributed by atoms with E-state index >= 15 is 0 Å². The van der Waals surface area contributed by atoms with Gasteiger partial charge in [-0.05, 0) is 24.3 Å². The lowest BCUT2D eigenvalue weighted by Crippen LogP contribution is -1.94. The van der Waals surface area contributed by atoms with Crippen LogP contribution in [0.1, 0.15) is 0 Å². The highest BCUT2D eigenvalue weighted by Crippen LogP contribution is 2.39. The second-order valence-electron chi connectivity index (χ2n) is 4.29. The molecule has 0 fully saturated rings. The molecular weight excluding hydrogens is 280 g/mol. The van der Waals surface area contributed by atoms with Gasteiger partial charge in [0.25, 0.3) is 0 Å². The minimum absolute atomic E-state index is 0.129. The zero-order chi connectivity index (χ0) is 15.1. The number of hydrogen-bond donors (Lipinski definition) is 0. The molecule has 0 atom stereocenters. The van der Waals surface area contributed by atoms with Gasteiger partial charge in [0.15, 0.2) is 5.75 Å². The van der Waals surface area contributed by atoms with E-state index in [2.05, 4.69) is 0 Å². The largest absolute Gasteiger partial charge is 0.490 e. The molecule has 0 N–H and O–H groups in total. The van der Waals surface area contributed by atoms with Crippen LogP contribution in [-0.2, 0) is 0 Å². The third-order valence-electron chi connectivity index (χ3n) is 3.20. The second kappa shape index (κ2) is 4.44. The molecular formula is C13H8N2O6. The molecule has 0 saturated carbocycles. The van der Waals surface area contributed by atoms with Gasteiger partial charge in [-0.15, -0.1) is 0 Å². The van der Waals surface area contributed by atoms with Gasteiger partial charge in [-0.2, -0.15) is 0 Å². The molecule has 1 aromatic heterocycles. The van der Waals surface area contributed by atoms with Gasteiger partial charge >= 0.3 is 11.6 Å². The van der Waals surface area contributed by atoms with Crippen molar-refractivity contribution >= 4 is 33.3 Å². The normalized spacial score (nSPS) is 10.9. The van der Waals surface area contributed by atoms with Gasteiger partial charge in [0.1, 0.15) is 10.5 Å². The van der Waals surface area contributed by atoms with Crippen LogP contribution in [0.15, 0.2) is 34.7 Å². The first kappa shape index (κ1) is 12.9. The van der Waals surface area contributed by atoms with Crippen molar-refractivity contribution in [1.82, 2.24) is 0 Å². The molecule has 1 heterocycles. The highest BCUT2D eigenvalue weighted by atomic mass is 16.6. The number of nitro groups is 2. The average Bonchev–Trinajstić information content (AvgIpc) is 2.90. The van der Waals surface area contributed by atoms with E-state index in [0.29, 0.717) is 21.7 Å². The molecule has 2 aromatic carbocycles. The van der Waals surface area contributed by atoms with Crippen molar-refractivity contribution in [2.24, 2.45) is 0 Å². The Hall–Kier alpha value is -3.16. The van der Waals surface area contributed by atoms with E-state index in [1.807, 2.05) is 0 Å². The molecule has 8 nitrogen and oxygen atoms in total. The van der Waals surface area contributed by atoms with Crippen molar-refractivity contribution < 1.29 is 19.0 Å². The second-order valence-corrected chi connectivity index (χ2v) is 4.29. The third kappa shape index (κ3) is 1.84. The average molecular weight is 288 g/mol. The van der Waals surface area contributed by atoms with E-state index in [1.165, 1.54) is 31.4 Å². The van der Waals surface area contributed by atoms with Gasteiger partial charge in [-0.3, -0.25) is 20.2 Å². The lowest BCUT2D eigenvalue weighted by atomic mass is 10.0. The van der Waals surface area contributed by atoms with Crippen LogP contribution in [0, 0.1) is 20.2 Å². The summed E-state index contributed by atoms with van der Waals surface area (Å²) in [6, 6.07) is 7.29. The van der Waals surface area contributed by atoms with E-state index in [1.54, 1.807) is 6.07 Å². The summed E-state index contributed by atoms with van der Waals surface area (Å²) in [5.74, 6) is -0.277. The monoisotopic (exact) mass is 288 g/mol. The number of nitro benzene ring substituents is 1. The summed E-state index contributed by atoms with van der Waals surface area (Å²) in [7, 11) is 1.34. The lowest BCUT2D eigenvalue weighted by Gasteiger charge is -2.05. The summed E-state index contributed by atoms with van der Waals surface area (Å²) >= 11 is 0. The van der Waals surface area contributed by atoms with Gasteiger partial charge in [-0.1, -0.05) is 0 Å². The Kier molecular flexibility index (Phi) is 2.72. The fraction of sp³-hybridized carbons (Fsp3) is 0.0769. The molecule has 3 aromatic rings. The molecule has 0 saturated heterocycles. The maximum atomic E-state index is 11.2. The van der Waals surface area contributed by atoms with Crippen molar-refractivity contribution in [2.45, 2.75) is 0 Å². The Morgan fingerprint density at radius 1 is 1.00 bits per heavy atom. The predicted molar refractivity (Wildman–Crippen MR) is 73.6 cm³/mol. The van der Waals surface area contributed by atoms with Crippen molar-refractivity contribution in [1.29, 1.82) is 0 Å². The van der Waals surface area contributed by atoms with Gasteiger partial charge in [0.05, 0.1) is 23.5 Å². The Labute approximate surface area is 116 Å². The smallest absolute Gasteiger partial charge is 0.434 e. The number of fused-ring (bicyclic) bond motifs is 3. The van der Waals surface area contributed by atoms with Gasteiger partial charge < -0.3 is 9.15 Å². The molecule has 0 unspecified atom stereocenters. The number of rotatable bonds is 3. The molecule has 3 rings (SSSR count). The number of hydrogen-bond acceptors (Lipinski definition) is 6. The Bertz CT molecular complexity index is 898. The Balaban J connectivity index is 2.43. The molecule has 8 heteroatoms. The molecule has 21 heavy (non-hydrogen) atoms. The van der Waals surface area contributed by atoms with Gasteiger partial charge in [0, 0.05) is 10.8 Å². The van der Waals surface area contributed by atoms with Crippen LogP contribution in [0.4, 0.5) is 11.6 Å². The molecule has 0 aliphatic heterocycles. The zero-order valence-electron chi connectivity index (χ0n) is 10.7. The molecule has 0 bridgehead atoms. The quantitative estimate of drug-likeness (QED) is 0.539. The topological polar surface area (TPSA) is 109 Å². The van der Waals surface area contributed by atoms with Crippen molar-refractivity contribution in [3.63, 3.8) is 0 Å². The van der Waals surface area contributed by atoms with Crippen LogP contribution < -0.4 is 4.74 Å². The minimum atomic E-state index is -0.649. The summed E-state index contributed by atoms with van der Waals surface area (Å²) in [5, 5.41) is 23.3. The minimum Gasteiger partial charge on any atom is -0.490 e. The highest BCUT2D eigenvalue weighted by molar-refractivity contribution is 6.10. The fourth-order valence-electron chi connectivity index (χ4n) is 2.32. The van der Waals surface area contributed by atoms with Crippen LogP contribution in [0.3, 0.4) is 0 Å². The van der Waals surface area contributed by atoms with Crippen LogP contribution in [0.5, 0.6) is 5.75 Å². The summed E-state index contributed by atoms with van der Waals surface area (Å²) in [5.41, 5.74) is 0.120. The molecule has 0 spiro atoms. The summed E-state index contributed by atoms with van der Waals surface area (Å²) in [6.07, 6.45) is 0. The summed E-state index contributed by atoms with van der Waals surface area (Å²) in [4.78, 5) is 20.8. The number of ether oxygens (including phenoxy) is 1. The van der Waals surface area contributed by atoms with Gasteiger partial charge in [0.2, 0.25) is 0 Å². The van der Waals surface area contributed by atoms with Crippen molar-refractivity contribution in [2.75, 3.05) is 7.11 Å². The fourth-order valence-corrected chi connectivity index (χ4v) is 2.32. The predicted octanol–water partition coefficient (Wildman–Crippen LogP) is 3.41. The van der Waals surface area contributed by atoms with Crippen LogP contribution in [0.25, 0.3) is 21.7 Å². The summed E-state index contributed by atoms with van der Waals surface area (Å²) < 4.78 is 10.1. The van der Waals surface area contributed by atoms with Gasteiger partial charge in [-0.25, -0.2) is 0 Å². The number of furan rings is 1. The Morgan fingerprint density at radius 2 is 1.71 bits per heavy atom. The van der Waals surface area contributed by atoms with E-state index in [-0.39, 0.29) is 11.4 Å². The maximum Gasteiger partial charge on any atom is 0.434 e. The number of benzene rings is 2. The van der Waals surface area contributed by atoms with Crippen LogP contribution in [-0.4, -0.2) is 17.0 Å². The molecule has 0 aliphatic rings. The van der Waals surface area contributed by atoms with Crippen molar-refractivity contribution in [3.8, 4) is 5.75 Å². The standard InChI is InChI=1S/C13H8N2O6/c1-20-11-5-2-7-8(13(11)15(18)19)3-4-10-9(7)6-12(21-10)14(16)17/h2-6H,1H3. The van der Waals surface area contributed by atoms with E-state index in [9.17, 15) is 20.2 Å². The molecule has 0 aliphatic carbocycles. The Morgan fingerprint density at radius 3 is 2.33 bits per heavy atom. The SMILES string of the molecule is COc1ccc2c(ccc3oc([N+](=O)[O-])cc32)c1[N+](=O)[O-]. The first-order chi connectivity index (χ1) is 10.0. The number of nitrogens with zero attached hydrogens (tertiary/aromatic N) is 2. The first-order valence-corrected chi connectivity index (χ1v) is 5.85. The molecule has 0 radical (unpaired) electrons. The first-order valence-electron chi connectivity index (χ1n) is 5.85. The number of methoxy groups -OCH3 is 1. The maximum absolute atomic E-state index is 11.2. The zero-order valence-corrected chi connectivity index (χ0v) is 10.7. The lowest BCUT2D eigenvalue weighted by molar-refractivity contribution is -0.401. The summed E-state index contributed by atoms with van der Waals surface area (Å²) in [6.45, 7) is 0. The molecule has 0 amide bonds.